The van der Waals surface area contributed by atoms with Crippen LogP contribution in [0.5, 0.6) is 0 Å². The lowest BCUT2D eigenvalue weighted by Crippen LogP contribution is -2.37. The molecular formula is C17H18N4O2S2. The first-order chi connectivity index (χ1) is 12.0. The summed E-state index contributed by atoms with van der Waals surface area (Å²) >= 11 is 3.13. The minimum atomic E-state index is -0.406. The highest BCUT2D eigenvalue weighted by atomic mass is 32.1. The van der Waals surface area contributed by atoms with Crippen LogP contribution >= 0.6 is 22.7 Å². The highest BCUT2D eigenvalue weighted by molar-refractivity contribution is 7.09. The standard InChI is InChI=1S/C17H18N4O2S2/c1-11-7-12(2)21(17(23)19-11)9-15(22)20-14(16-18-4-6-25-16)8-13-3-5-24-10-13/h3-7,10,14H,8-9H2,1-2H3,(H,20,22)/t14-/m1/s1. The highest BCUT2D eigenvalue weighted by Crippen LogP contribution is 2.21. The van der Waals surface area contributed by atoms with Crippen molar-refractivity contribution >= 4 is 28.6 Å². The number of rotatable bonds is 6. The van der Waals surface area contributed by atoms with Gasteiger partial charge in [0.1, 0.15) is 11.6 Å². The van der Waals surface area contributed by atoms with E-state index in [2.05, 4.69) is 20.7 Å². The Bertz CT molecular complexity index is 901. The van der Waals surface area contributed by atoms with Crippen LogP contribution in [0, 0.1) is 13.8 Å². The Morgan fingerprint density at radius 2 is 2.20 bits per heavy atom. The molecule has 0 aliphatic rings. The number of carbonyl (C=O) groups is 1. The molecule has 3 aromatic heterocycles. The van der Waals surface area contributed by atoms with Crippen LogP contribution in [0.4, 0.5) is 0 Å². The van der Waals surface area contributed by atoms with E-state index in [1.807, 2.05) is 16.8 Å². The van der Waals surface area contributed by atoms with E-state index in [0.29, 0.717) is 12.1 Å². The summed E-state index contributed by atoms with van der Waals surface area (Å²) in [5.74, 6) is -0.230. The number of thiophene rings is 1. The van der Waals surface area contributed by atoms with E-state index in [1.54, 1.807) is 37.4 Å². The van der Waals surface area contributed by atoms with E-state index < -0.39 is 5.69 Å². The molecule has 3 aromatic rings. The molecule has 1 atom stereocenters. The fraction of sp³-hybridized carbons (Fsp3) is 0.294. The summed E-state index contributed by atoms with van der Waals surface area (Å²) in [5.41, 5.74) is 2.11. The van der Waals surface area contributed by atoms with Gasteiger partial charge in [0, 0.05) is 29.4 Å². The van der Waals surface area contributed by atoms with Crippen LogP contribution in [-0.4, -0.2) is 20.4 Å². The number of thiazole rings is 1. The maximum absolute atomic E-state index is 12.5. The molecule has 1 N–H and O–H groups in total. The van der Waals surface area contributed by atoms with E-state index in [1.165, 1.54) is 15.9 Å². The van der Waals surface area contributed by atoms with Crippen molar-refractivity contribution in [3.63, 3.8) is 0 Å². The summed E-state index contributed by atoms with van der Waals surface area (Å²) in [6.45, 7) is 3.51. The van der Waals surface area contributed by atoms with Gasteiger partial charge in [-0.05, 0) is 42.3 Å². The molecule has 0 spiro atoms. The van der Waals surface area contributed by atoms with E-state index in [-0.39, 0.29) is 18.5 Å². The average molecular weight is 374 g/mol. The van der Waals surface area contributed by atoms with Crippen molar-refractivity contribution in [2.75, 3.05) is 0 Å². The van der Waals surface area contributed by atoms with Crippen molar-refractivity contribution in [2.45, 2.75) is 32.9 Å². The van der Waals surface area contributed by atoms with Gasteiger partial charge in [0.25, 0.3) is 0 Å². The second-order valence-electron chi connectivity index (χ2n) is 5.73. The first-order valence-corrected chi connectivity index (χ1v) is 9.60. The summed E-state index contributed by atoms with van der Waals surface area (Å²) in [4.78, 5) is 32.8. The van der Waals surface area contributed by atoms with Crippen LogP contribution in [-0.2, 0) is 17.8 Å². The van der Waals surface area contributed by atoms with Gasteiger partial charge in [-0.2, -0.15) is 16.3 Å². The summed E-state index contributed by atoms with van der Waals surface area (Å²) in [6, 6.07) is 3.62. The van der Waals surface area contributed by atoms with Crippen LogP contribution in [0.25, 0.3) is 0 Å². The number of aryl methyl sites for hydroxylation is 2. The zero-order valence-corrected chi connectivity index (χ0v) is 15.6. The molecule has 0 bridgehead atoms. The molecule has 8 heteroatoms. The van der Waals surface area contributed by atoms with Gasteiger partial charge in [-0.25, -0.2) is 9.78 Å². The molecular weight excluding hydrogens is 356 g/mol. The maximum Gasteiger partial charge on any atom is 0.348 e. The summed E-state index contributed by atoms with van der Waals surface area (Å²) in [6.07, 6.45) is 2.40. The third-order valence-corrected chi connectivity index (χ3v) is 5.37. The van der Waals surface area contributed by atoms with Gasteiger partial charge < -0.3 is 5.32 Å². The third kappa shape index (κ3) is 4.40. The molecule has 0 radical (unpaired) electrons. The number of nitrogens with one attached hydrogen (secondary N) is 1. The van der Waals surface area contributed by atoms with Crippen LogP contribution in [0.2, 0.25) is 0 Å². The SMILES string of the molecule is Cc1cc(C)n(CC(=O)N[C@H](Cc2ccsc2)c2nccs2)c(=O)n1. The van der Waals surface area contributed by atoms with Crippen LogP contribution < -0.4 is 11.0 Å². The molecule has 0 aliphatic carbocycles. The van der Waals surface area contributed by atoms with Gasteiger partial charge in [0.15, 0.2) is 0 Å². The highest BCUT2D eigenvalue weighted by Gasteiger charge is 2.19. The number of nitrogens with zero attached hydrogens (tertiary/aromatic N) is 3. The van der Waals surface area contributed by atoms with E-state index in [4.69, 9.17) is 0 Å². The fourth-order valence-corrected chi connectivity index (χ4v) is 3.97. The van der Waals surface area contributed by atoms with Crippen molar-refractivity contribution in [3.05, 3.63) is 66.9 Å². The Kier molecular flexibility index (Phi) is 5.40. The predicted molar refractivity (Wildman–Crippen MR) is 99.0 cm³/mol. The topological polar surface area (TPSA) is 76.9 Å². The van der Waals surface area contributed by atoms with Crippen molar-refractivity contribution in [1.82, 2.24) is 19.9 Å². The van der Waals surface area contributed by atoms with Gasteiger partial charge in [-0.1, -0.05) is 0 Å². The quantitative estimate of drug-likeness (QED) is 0.719. The molecule has 0 aliphatic heterocycles. The molecule has 0 saturated heterocycles. The molecule has 0 unspecified atom stereocenters. The third-order valence-electron chi connectivity index (χ3n) is 3.75. The summed E-state index contributed by atoms with van der Waals surface area (Å²) < 4.78 is 1.38. The molecule has 0 aromatic carbocycles. The van der Waals surface area contributed by atoms with Gasteiger partial charge in [0.2, 0.25) is 5.91 Å². The Hall–Kier alpha value is -2.32. The number of carbonyl (C=O) groups excluding carboxylic acids is 1. The van der Waals surface area contributed by atoms with Gasteiger partial charge >= 0.3 is 5.69 Å². The lowest BCUT2D eigenvalue weighted by Gasteiger charge is -2.17. The van der Waals surface area contributed by atoms with Gasteiger partial charge in [0.05, 0.1) is 6.04 Å². The van der Waals surface area contributed by atoms with Crippen molar-refractivity contribution in [2.24, 2.45) is 0 Å². The number of amides is 1. The molecule has 0 fully saturated rings. The first kappa shape index (κ1) is 17.5. The maximum atomic E-state index is 12.5. The first-order valence-electron chi connectivity index (χ1n) is 7.78. The van der Waals surface area contributed by atoms with E-state index >= 15 is 0 Å². The fourth-order valence-electron chi connectivity index (χ4n) is 2.60. The molecule has 130 valence electrons. The lowest BCUT2D eigenvalue weighted by atomic mass is 10.1. The Morgan fingerprint density at radius 3 is 2.84 bits per heavy atom. The Morgan fingerprint density at radius 1 is 1.36 bits per heavy atom. The molecule has 3 heterocycles. The predicted octanol–water partition coefficient (Wildman–Crippen LogP) is 2.48. The van der Waals surface area contributed by atoms with Crippen LogP contribution in [0.15, 0.2) is 39.3 Å². The Labute approximate surface area is 153 Å². The zero-order valence-electron chi connectivity index (χ0n) is 13.9. The van der Waals surface area contributed by atoms with Crippen molar-refractivity contribution in [3.8, 4) is 0 Å². The van der Waals surface area contributed by atoms with Crippen molar-refractivity contribution in [1.29, 1.82) is 0 Å². The van der Waals surface area contributed by atoms with Crippen LogP contribution in [0.1, 0.15) is 28.0 Å². The number of aromatic nitrogens is 3. The molecule has 0 saturated carbocycles. The smallest absolute Gasteiger partial charge is 0.345 e. The summed E-state index contributed by atoms with van der Waals surface area (Å²) in [5, 5.41) is 9.82. The summed E-state index contributed by atoms with van der Waals surface area (Å²) in [7, 11) is 0. The monoisotopic (exact) mass is 374 g/mol. The van der Waals surface area contributed by atoms with Crippen molar-refractivity contribution < 1.29 is 4.79 Å². The molecule has 25 heavy (non-hydrogen) atoms. The molecule has 3 rings (SSSR count). The van der Waals surface area contributed by atoms with Crippen LogP contribution in [0.3, 0.4) is 0 Å². The average Bonchev–Trinajstić information content (AvgIpc) is 3.23. The zero-order chi connectivity index (χ0) is 17.8. The van der Waals surface area contributed by atoms with Gasteiger partial charge in [-0.3, -0.25) is 9.36 Å². The largest absolute Gasteiger partial charge is 0.348 e. The molecule has 1 amide bonds. The second kappa shape index (κ2) is 7.71. The van der Waals surface area contributed by atoms with E-state index in [9.17, 15) is 9.59 Å². The lowest BCUT2D eigenvalue weighted by molar-refractivity contribution is -0.122. The minimum Gasteiger partial charge on any atom is -0.345 e. The number of hydrogen-bond donors (Lipinski definition) is 1. The Balaban J connectivity index is 1.76. The molecule has 6 nitrogen and oxygen atoms in total. The normalized spacial score (nSPS) is 12.1. The number of hydrogen-bond acceptors (Lipinski definition) is 6. The van der Waals surface area contributed by atoms with E-state index in [0.717, 1.165) is 16.3 Å². The second-order valence-corrected chi connectivity index (χ2v) is 7.44. The van der Waals surface area contributed by atoms with Gasteiger partial charge in [-0.15, -0.1) is 11.3 Å². The minimum absolute atomic E-state index is 0.0521.